The lowest BCUT2D eigenvalue weighted by Crippen LogP contribution is -2.28. The molecule has 0 bridgehead atoms. The molecule has 2 unspecified atom stereocenters. The van der Waals surface area contributed by atoms with Gasteiger partial charge in [0.05, 0.1) is 78.2 Å². The van der Waals surface area contributed by atoms with E-state index in [9.17, 15) is 9.90 Å². The van der Waals surface area contributed by atoms with Crippen LogP contribution in [0.3, 0.4) is 0 Å². The Balaban J connectivity index is 0.000000188. The molecular weight excluding hydrogens is 929 g/mol. The Morgan fingerprint density at radius 2 is 0.811 bits per heavy atom. The lowest BCUT2D eigenvalue weighted by atomic mass is 10.00. The Morgan fingerprint density at radius 3 is 1.19 bits per heavy atom. The predicted octanol–water partition coefficient (Wildman–Crippen LogP) is 12.2. The minimum absolute atomic E-state index is 0.0277. The summed E-state index contributed by atoms with van der Waals surface area (Å²) in [6.07, 6.45) is -0.556. The number of carbonyl (C=O) groups is 1. The molecule has 0 saturated carbocycles. The number of aliphatic hydroxyl groups is 2. The van der Waals surface area contributed by atoms with Crippen LogP contribution < -0.4 is 0 Å². The predicted molar refractivity (Wildman–Crippen MR) is 300 cm³/mol. The quantitative estimate of drug-likeness (QED) is 0.0212. The van der Waals surface area contributed by atoms with E-state index >= 15 is 0 Å². The number of aromatic nitrogens is 2. The molecule has 2 heterocycles. The maximum atomic E-state index is 11.9. The number of allylic oxidation sites excluding steroid dienone is 1. The van der Waals surface area contributed by atoms with Crippen molar-refractivity contribution >= 4 is 92.7 Å². The van der Waals surface area contributed by atoms with Gasteiger partial charge in [0.1, 0.15) is 19.0 Å². The normalized spacial score (nSPS) is 12.5. The van der Waals surface area contributed by atoms with Gasteiger partial charge in [-0.05, 0) is 86.8 Å². The van der Waals surface area contributed by atoms with Crippen LogP contribution >= 0.6 is 0 Å². The maximum Gasteiger partial charge on any atom is 0.333 e. The van der Waals surface area contributed by atoms with Crippen LogP contribution in [0.5, 0.6) is 0 Å². The van der Waals surface area contributed by atoms with Crippen molar-refractivity contribution in [1.29, 1.82) is 0 Å². The summed E-state index contributed by atoms with van der Waals surface area (Å²) in [5.74, 6) is 0.123. The highest BCUT2D eigenvalue weighted by molar-refractivity contribution is 6.29. The van der Waals surface area contributed by atoms with E-state index in [0.717, 1.165) is 27.6 Å². The van der Waals surface area contributed by atoms with Gasteiger partial charge in [-0.25, -0.2) is 4.79 Å². The summed E-state index contributed by atoms with van der Waals surface area (Å²) < 4.78 is 39.2. The Kier molecular flexibility index (Phi) is 16.8. The van der Waals surface area contributed by atoms with Crippen LogP contribution in [0.15, 0.2) is 182 Å². The van der Waals surface area contributed by atoms with Gasteiger partial charge in [0.25, 0.3) is 0 Å². The van der Waals surface area contributed by atoms with Crippen LogP contribution in [0.1, 0.15) is 13.8 Å². The molecule has 0 radical (unpaired) electrons. The summed E-state index contributed by atoms with van der Waals surface area (Å²) in [6.45, 7) is 18.2. The van der Waals surface area contributed by atoms with Crippen LogP contribution in [0.25, 0.3) is 86.7 Å². The fourth-order valence-corrected chi connectivity index (χ4v) is 9.89. The maximum absolute atomic E-state index is 11.9. The van der Waals surface area contributed by atoms with Gasteiger partial charge < -0.3 is 47.8 Å². The monoisotopic (exact) mass is 992 g/mol. The Morgan fingerprint density at radius 1 is 0.446 bits per heavy atom. The Hall–Kier alpha value is -7.35. The molecule has 11 nitrogen and oxygen atoms in total. The van der Waals surface area contributed by atoms with Crippen molar-refractivity contribution in [3.63, 3.8) is 0 Å². The molecule has 10 rings (SSSR count). The SMILES string of the molecule is C=C(C)C(=C)OCCOCC(Cn1c2ccc3ccccc3c2c2c3ccccc3ccc21)OCCOC(=O)C(=C)C.OCCOCC(Cn1c2ccc3ccccc3c2c2c3ccccc3ccc21)OCCO. The highest BCUT2D eigenvalue weighted by atomic mass is 16.6. The van der Waals surface area contributed by atoms with Crippen LogP contribution in [0, 0.1) is 0 Å². The number of fused-ring (bicyclic) bond motifs is 14. The van der Waals surface area contributed by atoms with E-state index in [1.54, 1.807) is 6.92 Å². The minimum atomic E-state index is -0.428. The van der Waals surface area contributed by atoms with E-state index in [0.29, 0.717) is 50.8 Å². The van der Waals surface area contributed by atoms with Gasteiger partial charge >= 0.3 is 5.97 Å². The number of aliphatic hydroxyl groups excluding tert-OH is 2. The first-order valence-electron chi connectivity index (χ1n) is 25.2. The van der Waals surface area contributed by atoms with Gasteiger partial charge in [-0.3, -0.25) is 0 Å². The first kappa shape index (κ1) is 51.5. The topological polar surface area (TPSA) is 123 Å². The van der Waals surface area contributed by atoms with Crippen molar-refractivity contribution in [1.82, 2.24) is 9.13 Å². The molecule has 0 amide bonds. The third-order valence-corrected chi connectivity index (χ3v) is 13.4. The van der Waals surface area contributed by atoms with E-state index in [1.165, 1.54) is 64.6 Å². The zero-order valence-corrected chi connectivity index (χ0v) is 42.3. The van der Waals surface area contributed by atoms with Crippen LogP contribution in [0.4, 0.5) is 0 Å². The van der Waals surface area contributed by atoms with E-state index < -0.39 is 5.97 Å². The molecule has 0 aliphatic rings. The highest BCUT2D eigenvalue weighted by Gasteiger charge is 2.22. The van der Waals surface area contributed by atoms with Crippen LogP contribution in [-0.2, 0) is 46.3 Å². The lowest BCUT2D eigenvalue weighted by Gasteiger charge is -2.20. The average molecular weight is 993 g/mol. The van der Waals surface area contributed by atoms with Crippen LogP contribution in [0.2, 0.25) is 0 Å². The number of benzene rings is 8. The first-order valence-corrected chi connectivity index (χ1v) is 25.2. The van der Waals surface area contributed by atoms with Crippen molar-refractivity contribution in [2.75, 3.05) is 66.1 Å². The van der Waals surface area contributed by atoms with Crippen molar-refractivity contribution in [3.8, 4) is 0 Å². The standard InChI is InChI=1S/C36H37NO5.C27H27NO4/c1-24(2)26(5)40-19-18-39-23-29(41-20-21-42-36(38)25(3)4)22-37-32-16-14-27-10-6-8-12-30(27)34(32)35-31-13-9-7-11-28(31)15-17-33(35)37;29-13-15-31-18-21(32-16-14-30)17-28-24-11-9-19-5-1-3-7-22(19)26(24)27-23-8-4-2-6-20(23)10-12-25(27)28/h6-17,29H,1,3,5,18-23H2,2,4H3;1-12,21,29-30H,13-18H2. The van der Waals surface area contributed by atoms with Gasteiger partial charge in [0, 0.05) is 49.2 Å². The molecule has 2 aromatic heterocycles. The number of carbonyl (C=O) groups excluding carboxylic acids is 1. The Bertz CT molecular complexity index is 3460. The summed E-state index contributed by atoms with van der Waals surface area (Å²) in [5, 5.41) is 33.0. The number of hydrogen-bond donors (Lipinski definition) is 2. The summed E-state index contributed by atoms with van der Waals surface area (Å²) in [7, 11) is 0. The molecule has 2 atom stereocenters. The second kappa shape index (κ2) is 24.1. The summed E-state index contributed by atoms with van der Waals surface area (Å²) in [5.41, 5.74) is 5.69. The molecule has 74 heavy (non-hydrogen) atoms. The fourth-order valence-electron chi connectivity index (χ4n) is 9.89. The molecule has 0 aliphatic carbocycles. The highest BCUT2D eigenvalue weighted by Crippen LogP contribution is 2.41. The largest absolute Gasteiger partial charge is 0.492 e. The zero-order chi connectivity index (χ0) is 51.6. The van der Waals surface area contributed by atoms with Crippen LogP contribution in [-0.4, -0.2) is 104 Å². The third kappa shape index (κ3) is 11.2. The number of rotatable bonds is 23. The summed E-state index contributed by atoms with van der Waals surface area (Å²) in [4.78, 5) is 11.9. The molecule has 8 aromatic carbocycles. The molecular formula is C63H64N2O9. The summed E-state index contributed by atoms with van der Waals surface area (Å²) >= 11 is 0. The van der Waals surface area contributed by atoms with Crippen molar-refractivity contribution in [3.05, 3.63) is 182 Å². The number of ether oxygens (including phenoxy) is 6. The van der Waals surface area contributed by atoms with Gasteiger partial charge in [0.2, 0.25) is 0 Å². The van der Waals surface area contributed by atoms with E-state index in [-0.39, 0.29) is 51.8 Å². The molecule has 2 N–H and O–H groups in total. The van der Waals surface area contributed by atoms with Gasteiger partial charge in [-0.2, -0.15) is 0 Å². The van der Waals surface area contributed by atoms with E-state index in [2.05, 4.69) is 174 Å². The number of hydrogen-bond acceptors (Lipinski definition) is 9. The van der Waals surface area contributed by atoms with Crippen molar-refractivity contribution in [2.24, 2.45) is 0 Å². The van der Waals surface area contributed by atoms with E-state index in [4.69, 9.17) is 33.5 Å². The van der Waals surface area contributed by atoms with Crippen molar-refractivity contribution < 1.29 is 43.4 Å². The molecule has 0 saturated heterocycles. The summed E-state index contributed by atoms with van der Waals surface area (Å²) in [6, 6.07) is 51.4. The molecule has 380 valence electrons. The van der Waals surface area contributed by atoms with Gasteiger partial charge in [0.15, 0.2) is 0 Å². The van der Waals surface area contributed by atoms with E-state index in [1.807, 2.05) is 6.92 Å². The van der Waals surface area contributed by atoms with Crippen molar-refractivity contribution in [2.45, 2.75) is 39.1 Å². The smallest absolute Gasteiger partial charge is 0.333 e. The molecule has 11 heteroatoms. The Labute approximate surface area is 431 Å². The lowest BCUT2D eigenvalue weighted by molar-refractivity contribution is -0.141. The van der Waals surface area contributed by atoms with Gasteiger partial charge in [-0.1, -0.05) is 141 Å². The third-order valence-electron chi connectivity index (χ3n) is 13.4. The molecule has 0 aliphatic heterocycles. The minimum Gasteiger partial charge on any atom is -0.492 e. The first-order chi connectivity index (χ1) is 36.2. The average Bonchev–Trinajstić information content (AvgIpc) is 3.94. The molecule has 0 spiro atoms. The molecule has 10 aromatic rings. The second-order valence-corrected chi connectivity index (χ2v) is 18.5. The molecule has 0 fully saturated rings. The number of nitrogens with zero attached hydrogens (tertiary/aromatic N) is 2. The van der Waals surface area contributed by atoms with Gasteiger partial charge in [-0.15, -0.1) is 0 Å². The second-order valence-electron chi connectivity index (χ2n) is 18.5. The fraction of sp³-hybridized carbons (Fsp3) is 0.254. The number of esters is 1. The zero-order valence-electron chi connectivity index (χ0n) is 42.3.